The molecule has 0 saturated carbocycles. The molecule has 10 heteroatoms. The minimum Gasteiger partial charge on any atom is 0 e. The molecule has 1 aromatic carbocycles. The molecule has 3 aliphatic rings. The molecule has 0 N–H and O–H groups in total. The smallest absolute Gasteiger partial charge is 0 e. The minimum atomic E-state index is -1.38. The van der Waals surface area contributed by atoms with Crippen molar-refractivity contribution in [3.05, 3.63) is 51.4 Å². The Morgan fingerprint density at radius 1 is 1.11 bits per heavy atom. The van der Waals surface area contributed by atoms with Crippen LogP contribution in [0.5, 0.6) is 5.75 Å². The Labute approximate surface area is 228 Å². The van der Waals surface area contributed by atoms with E-state index in [-0.39, 0.29) is 65.3 Å². The zero-order valence-corrected chi connectivity index (χ0v) is 27.7. The molecule has 1 aliphatic carbocycles. The van der Waals surface area contributed by atoms with E-state index in [2.05, 4.69) is 18.2 Å². The van der Waals surface area contributed by atoms with Gasteiger partial charge in [0.2, 0.25) is 0 Å². The van der Waals surface area contributed by atoms with Crippen LogP contribution >= 0.6 is 40.1 Å². The van der Waals surface area contributed by atoms with Crippen molar-refractivity contribution < 1.29 is 63.7 Å². The van der Waals surface area contributed by atoms with E-state index in [9.17, 15) is 9.90 Å². The average Bonchev–Trinajstić information content (AvgIpc) is 3.33. The van der Waals surface area contributed by atoms with Crippen molar-refractivity contribution in [3.63, 3.8) is 0 Å². The summed E-state index contributed by atoms with van der Waals surface area (Å²) in [5.74, 6) is 4.73. The monoisotopic (exact) mass is 813 g/mol. The zero-order valence-electron chi connectivity index (χ0n) is 14.9. The van der Waals surface area contributed by atoms with Gasteiger partial charge in [0.15, 0.2) is 0 Å². The number of Topliss-reactive ketones (excluding diaryl/α,β-unsaturated/α-hetero) is 1. The molecular weight excluding hydrogens is 799 g/mol. The SMILES string of the molecule is Cc1cc(C=C2[C-]=C([As]3SCCS3)C(=O)[C-]=C2)[c-]c([As]2SCCS2)c1[O-].[W].[Y]. The van der Waals surface area contributed by atoms with Crippen molar-refractivity contribution >= 4 is 81.0 Å². The van der Waals surface area contributed by atoms with E-state index in [1.807, 2.05) is 59.2 Å². The third-order valence-corrected chi connectivity index (χ3v) is 30.4. The Hall–Kier alpha value is 2.22. The third-order valence-electron chi connectivity index (χ3n) is 3.72. The molecule has 2 aliphatic heterocycles. The molecule has 0 spiro atoms. The fraction of sp³-hybridized carbons (Fsp3) is 0.278. The summed E-state index contributed by atoms with van der Waals surface area (Å²) in [7, 11) is 7.81. The molecule has 2 fully saturated rings. The Balaban J connectivity index is 0.00000140. The summed E-state index contributed by atoms with van der Waals surface area (Å²) in [5.41, 5.74) is 2.58. The summed E-state index contributed by atoms with van der Waals surface area (Å²) in [4.78, 5) is 12.2. The largest absolute Gasteiger partial charge is 0 e. The maximum absolute atomic E-state index is 12.5. The van der Waals surface area contributed by atoms with Gasteiger partial charge in [-0.05, 0) is 0 Å². The second-order valence-electron chi connectivity index (χ2n) is 5.62. The van der Waals surface area contributed by atoms with Gasteiger partial charge in [0.1, 0.15) is 0 Å². The van der Waals surface area contributed by atoms with Gasteiger partial charge in [0.25, 0.3) is 0 Å². The molecule has 2 saturated heterocycles. The predicted molar refractivity (Wildman–Crippen MR) is 118 cm³/mol. The number of carbonyl (C=O) groups is 1. The summed E-state index contributed by atoms with van der Waals surface area (Å²) in [6, 6.07) is 5.30. The van der Waals surface area contributed by atoms with E-state index in [1.165, 1.54) is 0 Å². The topological polar surface area (TPSA) is 40.1 Å². The summed E-state index contributed by atoms with van der Waals surface area (Å²) >= 11 is -2.75. The Morgan fingerprint density at radius 2 is 1.71 bits per heavy atom. The second kappa shape index (κ2) is 12.5. The van der Waals surface area contributed by atoms with E-state index in [1.54, 1.807) is 6.08 Å². The molecule has 0 bridgehead atoms. The summed E-state index contributed by atoms with van der Waals surface area (Å²) in [6.45, 7) is 1.89. The number of benzene rings is 1. The second-order valence-corrected chi connectivity index (χ2v) is 28.8. The number of hydrogen-bond donors (Lipinski definition) is 0. The molecule has 0 amide bonds. The first-order chi connectivity index (χ1) is 12.6. The van der Waals surface area contributed by atoms with Crippen molar-refractivity contribution in [2.75, 3.05) is 23.0 Å². The van der Waals surface area contributed by atoms with Crippen LogP contribution < -0.4 is 9.46 Å². The molecule has 28 heavy (non-hydrogen) atoms. The van der Waals surface area contributed by atoms with Crippen LogP contribution in [-0.4, -0.2) is 53.5 Å². The van der Waals surface area contributed by atoms with Gasteiger partial charge in [0.05, 0.1) is 0 Å². The molecule has 0 atom stereocenters. The van der Waals surface area contributed by atoms with Crippen LogP contribution in [0.15, 0.2) is 22.1 Å². The number of rotatable bonds is 3. The maximum Gasteiger partial charge on any atom is 0 e. The van der Waals surface area contributed by atoms with Crippen LogP contribution in [-0.2, 0) is 58.6 Å². The van der Waals surface area contributed by atoms with Gasteiger partial charge in [-0.3, -0.25) is 0 Å². The summed E-state index contributed by atoms with van der Waals surface area (Å²) < 4.78 is 1.77. The first kappa shape index (κ1) is 26.5. The van der Waals surface area contributed by atoms with Crippen LogP contribution in [0.1, 0.15) is 11.1 Å². The fourth-order valence-electron chi connectivity index (χ4n) is 2.55. The molecule has 145 valence electrons. The molecule has 4 rings (SSSR count). The predicted octanol–water partition coefficient (Wildman–Crippen LogP) is 2.60. The van der Waals surface area contributed by atoms with Gasteiger partial charge in [0, 0.05) is 53.8 Å². The van der Waals surface area contributed by atoms with Crippen molar-refractivity contribution in [1.82, 2.24) is 0 Å². The molecule has 2 heterocycles. The minimum absolute atomic E-state index is 0. The quantitative estimate of drug-likeness (QED) is 0.346. The van der Waals surface area contributed by atoms with E-state index in [0.29, 0.717) is 0 Å². The molecule has 0 aromatic heterocycles. The van der Waals surface area contributed by atoms with E-state index in [0.717, 1.165) is 48.4 Å². The van der Waals surface area contributed by atoms with E-state index in [4.69, 9.17) is 0 Å². The molecule has 1 radical (unpaired) electrons. The number of ketones is 1. The van der Waals surface area contributed by atoms with Crippen LogP contribution in [0.4, 0.5) is 0 Å². The normalized spacial score (nSPS) is 21.5. The Kier molecular flexibility index (Phi) is 11.8. The van der Waals surface area contributed by atoms with Crippen molar-refractivity contribution in [1.29, 1.82) is 0 Å². The Bertz CT molecular complexity index is 835. The standard InChI is InChI=1S/C18H15As2O2S4.W.Y/c1-12-8-14(11-16(18(12)22)20-25-6-7-26-20)9-13-2-3-17(21)15(10-13)19-23-4-5-24-19;;/h2,8-9,22H,4-7H2,1H3;;/q-3;;/p-1. The number of carbonyl (C=O) groups excluding carboxylic acids is 1. The van der Waals surface area contributed by atoms with Gasteiger partial charge < -0.3 is 0 Å². The van der Waals surface area contributed by atoms with Gasteiger partial charge in [-0.15, -0.1) is 0 Å². The maximum atomic E-state index is 12.5. The van der Waals surface area contributed by atoms with Gasteiger partial charge in [-0.1, -0.05) is 0 Å². The zero-order chi connectivity index (χ0) is 18.1. The van der Waals surface area contributed by atoms with E-state index >= 15 is 0 Å². The molecular formula is C18H14As2O2S4WY-4. The first-order valence-corrected chi connectivity index (χ1v) is 22.8. The number of hydrogen-bond acceptors (Lipinski definition) is 6. The van der Waals surface area contributed by atoms with Crippen molar-refractivity contribution in [2.45, 2.75) is 6.92 Å². The number of allylic oxidation sites excluding steroid dienone is 5. The van der Waals surface area contributed by atoms with Gasteiger partial charge in [-0.25, -0.2) is 0 Å². The van der Waals surface area contributed by atoms with Crippen LogP contribution in [0.2, 0.25) is 0 Å². The number of aryl methyl sites for hydroxylation is 1. The van der Waals surface area contributed by atoms with Crippen LogP contribution in [0, 0.1) is 25.1 Å². The third kappa shape index (κ3) is 6.39. The van der Waals surface area contributed by atoms with Crippen molar-refractivity contribution in [2.24, 2.45) is 0 Å². The first-order valence-electron chi connectivity index (χ1n) is 7.97. The van der Waals surface area contributed by atoms with Crippen LogP contribution in [0.25, 0.3) is 6.08 Å². The van der Waals surface area contributed by atoms with Gasteiger partial charge in [-0.2, -0.15) is 0 Å². The molecule has 2 nitrogen and oxygen atoms in total. The van der Waals surface area contributed by atoms with Gasteiger partial charge >= 0.3 is 178 Å². The van der Waals surface area contributed by atoms with Crippen molar-refractivity contribution in [3.8, 4) is 5.75 Å². The average molecular weight is 813 g/mol. The fourth-order valence-corrected chi connectivity index (χ4v) is 30.8. The van der Waals surface area contributed by atoms with E-state index < -0.39 is 24.7 Å². The Morgan fingerprint density at radius 3 is 2.36 bits per heavy atom. The van der Waals surface area contributed by atoms with Crippen LogP contribution in [0.3, 0.4) is 0 Å². The molecule has 1 aromatic rings. The summed E-state index contributed by atoms with van der Waals surface area (Å²) in [5, 5.41) is 12.5. The summed E-state index contributed by atoms with van der Waals surface area (Å²) in [6.07, 6.45) is 9.95. The molecule has 0 unspecified atom stereocenters.